The van der Waals surface area contributed by atoms with E-state index in [2.05, 4.69) is 57.2 Å². The standard InChI is InChI=1S/C32H38N2O4S/c1-21-16-22(2)31(23(3)17-21)39-33(4)20-30(36)34(27-14-15-28(32(37)38)29(35)18-27)19-24-10-12-26(13-11-24)25-8-6-5-7-9-25/h10-18,25,35H,5-9,19-20H2,1-4H3,(H,37,38). The number of carbonyl (C=O) groups is 2. The molecule has 0 aromatic heterocycles. The van der Waals surface area contributed by atoms with Gasteiger partial charge in [-0.05, 0) is 92.9 Å². The van der Waals surface area contributed by atoms with E-state index >= 15 is 0 Å². The monoisotopic (exact) mass is 546 g/mol. The van der Waals surface area contributed by atoms with E-state index in [4.69, 9.17) is 0 Å². The molecule has 3 aromatic rings. The van der Waals surface area contributed by atoms with Crippen molar-refractivity contribution in [1.29, 1.82) is 0 Å². The Balaban J connectivity index is 1.56. The number of phenols is 1. The Kier molecular flexibility index (Phi) is 9.36. The summed E-state index contributed by atoms with van der Waals surface area (Å²) in [4.78, 5) is 27.9. The number of aromatic carboxylic acids is 1. The second-order valence-corrected chi connectivity index (χ2v) is 11.9. The molecular weight excluding hydrogens is 508 g/mol. The van der Waals surface area contributed by atoms with Crippen molar-refractivity contribution >= 4 is 29.5 Å². The Morgan fingerprint density at radius 3 is 2.15 bits per heavy atom. The summed E-state index contributed by atoms with van der Waals surface area (Å²) in [5.74, 6) is -1.12. The third kappa shape index (κ3) is 7.22. The van der Waals surface area contributed by atoms with E-state index in [1.807, 2.05) is 11.4 Å². The molecule has 39 heavy (non-hydrogen) atoms. The van der Waals surface area contributed by atoms with Crippen molar-refractivity contribution in [2.45, 2.75) is 70.2 Å². The Hall–Kier alpha value is -3.29. The number of rotatable bonds is 9. The summed E-state index contributed by atoms with van der Waals surface area (Å²) in [5.41, 5.74) is 6.13. The van der Waals surface area contributed by atoms with Gasteiger partial charge < -0.3 is 15.1 Å². The van der Waals surface area contributed by atoms with Gasteiger partial charge in [0.05, 0.1) is 13.1 Å². The molecule has 0 radical (unpaired) electrons. The van der Waals surface area contributed by atoms with Crippen molar-refractivity contribution in [1.82, 2.24) is 4.31 Å². The molecule has 1 fully saturated rings. The number of benzene rings is 3. The van der Waals surface area contributed by atoms with Crippen molar-refractivity contribution in [3.8, 4) is 5.75 Å². The van der Waals surface area contributed by atoms with E-state index in [1.54, 1.807) is 11.0 Å². The molecule has 0 bridgehead atoms. The first-order valence-electron chi connectivity index (χ1n) is 13.5. The van der Waals surface area contributed by atoms with Gasteiger partial charge in [0.2, 0.25) is 5.91 Å². The van der Waals surface area contributed by atoms with Crippen LogP contribution in [0.3, 0.4) is 0 Å². The van der Waals surface area contributed by atoms with E-state index in [9.17, 15) is 19.8 Å². The average molecular weight is 547 g/mol. The van der Waals surface area contributed by atoms with Gasteiger partial charge >= 0.3 is 5.97 Å². The SMILES string of the molecule is Cc1cc(C)c(SN(C)CC(=O)N(Cc2ccc(C3CCCCC3)cc2)c2ccc(C(=O)O)c(O)c2)c(C)c1. The summed E-state index contributed by atoms with van der Waals surface area (Å²) in [7, 11) is 1.89. The maximum Gasteiger partial charge on any atom is 0.339 e. The number of likely N-dealkylation sites (N-methyl/N-ethyl adjacent to an activating group) is 1. The van der Waals surface area contributed by atoms with Crippen LogP contribution in [0.5, 0.6) is 5.75 Å². The molecule has 4 rings (SSSR count). The molecule has 206 valence electrons. The lowest BCUT2D eigenvalue weighted by Gasteiger charge is -2.27. The van der Waals surface area contributed by atoms with Gasteiger partial charge in [-0.2, -0.15) is 0 Å². The fourth-order valence-corrected chi connectivity index (χ4v) is 6.37. The third-order valence-corrected chi connectivity index (χ3v) is 8.70. The Morgan fingerprint density at radius 1 is 0.923 bits per heavy atom. The predicted octanol–water partition coefficient (Wildman–Crippen LogP) is 7.24. The lowest BCUT2D eigenvalue weighted by atomic mass is 9.84. The highest BCUT2D eigenvalue weighted by atomic mass is 32.2. The van der Waals surface area contributed by atoms with E-state index in [1.165, 1.54) is 78.4 Å². The van der Waals surface area contributed by atoms with Crippen molar-refractivity contribution in [3.63, 3.8) is 0 Å². The zero-order valence-corrected chi connectivity index (χ0v) is 24.1. The number of carbonyl (C=O) groups excluding carboxylic acids is 1. The maximum atomic E-state index is 13.7. The lowest BCUT2D eigenvalue weighted by Crippen LogP contribution is -2.37. The van der Waals surface area contributed by atoms with Crippen LogP contribution in [0.15, 0.2) is 59.5 Å². The molecule has 1 saturated carbocycles. The van der Waals surface area contributed by atoms with E-state index < -0.39 is 5.97 Å². The second-order valence-electron chi connectivity index (χ2n) is 10.7. The molecule has 1 aliphatic carbocycles. The minimum Gasteiger partial charge on any atom is -0.507 e. The molecule has 0 unspecified atom stereocenters. The average Bonchev–Trinajstić information content (AvgIpc) is 2.90. The number of carboxylic acids is 1. The molecule has 7 heteroatoms. The van der Waals surface area contributed by atoms with E-state index in [-0.39, 0.29) is 23.8 Å². The molecule has 0 spiro atoms. The quantitative estimate of drug-likeness (QED) is 0.276. The Labute approximate surface area is 235 Å². The normalized spacial score (nSPS) is 14.0. The summed E-state index contributed by atoms with van der Waals surface area (Å²) in [6.45, 7) is 6.68. The van der Waals surface area contributed by atoms with Gasteiger partial charge in [-0.25, -0.2) is 9.10 Å². The Morgan fingerprint density at radius 2 is 1.56 bits per heavy atom. The van der Waals surface area contributed by atoms with Gasteiger partial charge in [0, 0.05) is 16.6 Å². The largest absolute Gasteiger partial charge is 0.507 e. The number of anilines is 1. The van der Waals surface area contributed by atoms with Crippen LogP contribution in [0.2, 0.25) is 0 Å². The van der Waals surface area contributed by atoms with Crippen LogP contribution in [-0.4, -0.2) is 40.0 Å². The number of hydrogen-bond donors (Lipinski definition) is 2. The first kappa shape index (κ1) is 28.7. The second kappa shape index (κ2) is 12.7. The number of carboxylic acid groups (broad SMARTS) is 1. The number of nitrogens with zero attached hydrogens (tertiary/aromatic N) is 2. The highest BCUT2D eigenvalue weighted by Gasteiger charge is 2.22. The van der Waals surface area contributed by atoms with Crippen molar-refractivity contribution < 1.29 is 19.8 Å². The van der Waals surface area contributed by atoms with Gasteiger partial charge in [-0.15, -0.1) is 0 Å². The smallest absolute Gasteiger partial charge is 0.339 e. The summed E-state index contributed by atoms with van der Waals surface area (Å²) in [5, 5.41) is 19.7. The molecule has 0 saturated heterocycles. The highest BCUT2D eigenvalue weighted by Crippen LogP contribution is 2.34. The zero-order valence-electron chi connectivity index (χ0n) is 23.2. The van der Waals surface area contributed by atoms with Crippen LogP contribution >= 0.6 is 11.9 Å². The first-order valence-corrected chi connectivity index (χ1v) is 14.3. The number of aryl methyl sites for hydroxylation is 3. The molecule has 1 aliphatic rings. The number of hydrogen-bond acceptors (Lipinski definition) is 5. The van der Waals surface area contributed by atoms with E-state index in [0.29, 0.717) is 18.2 Å². The van der Waals surface area contributed by atoms with Gasteiger partial charge in [0.15, 0.2) is 0 Å². The van der Waals surface area contributed by atoms with Crippen LogP contribution < -0.4 is 4.90 Å². The van der Waals surface area contributed by atoms with E-state index in [0.717, 1.165) is 10.5 Å². The molecule has 6 nitrogen and oxygen atoms in total. The lowest BCUT2D eigenvalue weighted by molar-refractivity contribution is -0.118. The van der Waals surface area contributed by atoms with Gasteiger partial charge in [-0.1, -0.05) is 61.2 Å². The maximum absolute atomic E-state index is 13.7. The fourth-order valence-electron chi connectivity index (χ4n) is 5.48. The molecule has 0 heterocycles. The molecule has 0 atom stereocenters. The van der Waals surface area contributed by atoms with Gasteiger partial charge in [-0.3, -0.25) is 4.79 Å². The van der Waals surface area contributed by atoms with Gasteiger partial charge in [0.25, 0.3) is 0 Å². The molecule has 1 amide bonds. The van der Waals surface area contributed by atoms with Crippen molar-refractivity contribution in [3.05, 3.63) is 88.0 Å². The van der Waals surface area contributed by atoms with Crippen LogP contribution in [0, 0.1) is 20.8 Å². The molecular formula is C32H38N2O4S. The van der Waals surface area contributed by atoms with Crippen molar-refractivity contribution in [2.75, 3.05) is 18.5 Å². The highest BCUT2D eigenvalue weighted by molar-refractivity contribution is 7.97. The molecule has 2 N–H and O–H groups in total. The summed E-state index contributed by atoms with van der Waals surface area (Å²) >= 11 is 1.54. The number of aromatic hydroxyl groups is 1. The summed E-state index contributed by atoms with van der Waals surface area (Å²) < 4.78 is 1.91. The van der Waals surface area contributed by atoms with Crippen LogP contribution in [0.1, 0.15) is 76.2 Å². The summed E-state index contributed by atoms with van der Waals surface area (Å²) in [6.07, 6.45) is 6.32. The molecule has 3 aromatic carbocycles. The first-order chi connectivity index (χ1) is 18.6. The van der Waals surface area contributed by atoms with Crippen LogP contribution in [-0.2, 0) is 11.3 Å². The minimum atomic E-state index is -1.21. The van der Waals surface area contributed by atoms with Crippen LogP contribution in [0.4, 0.5) is 5.69 Å². The topological polar surface area (TPSA) is 81.1 Å². The summed E-state index contributed by atoms with van der Waals surface area (Å²) in [6, 6.07) is 17.1. The van der Waals surface area contributed by atoms with Crippen molar-refractivity contribution in [2.24, 2.45) is 0 Å². The third-order valence-electron chi connectivity index (χ3n) is 7.43. The van der Waals surface area contributed by atoms with Gasteiger partial charge in [0.1, 0.15) is 11.3 Å². The van der Waals surface area contributed by atoms with Crippen LogP contribution in [0.25, 0.3) is 0 Å². The number of amides is 1. The Bertz CT molecular complexity index is 1310. The molecule has 0 aliphatic heterocycles. The zero-order chi connectivity index (χ0) is 28.1. The predicted molar refractivity (Wildman–Crippen MR) is 158 cm³/mol. The fraction of sp³-hybridized carbons (Fsp3) is 0.375. The minimum absolute atomic E-state index is 0.138.